The Morgan fingerprint density at radius 3 is 2.25 bits per heavy atom. The number of hydrogen-bond donors (Lipinski definition) is 2. The van der Waals surface area contributed by atoms with Crippen molar-refractivity contribution in [2.45, 2.75) is 72.3 Å². The van der Waals surface area contributed by atoms with Crippen LogP contribution in [0.25, 0.3) is 0 Å². The summed E-state index contributed by atoms with van der Waals surface area (Å²) in [5, 5.41) is 5.97. The first-order valence-electron chi connectivity index (χ1n) is 7.86. The van der Waals surface area contributed by atoms with E-state index in [-0.39, 0.29) is 17.2 Å². The van der Waals surface area contributed by atoms with Gasteiger partial charge in [-0.3, -0.25) is 9.59 Å². The lowest BCUT2D eigenvalue weighted by molar-refractivity contribution is -0.128. The molecule has 20 heavy (non-hydrogen) atoms. The second kappa shape index (κ2) is 7.65. The predicted molar refractivity (Wildman–Crippen MR) is 81.3 cm³/mol. The van der Waals surface area contributed by atoms with Gasteiger partial charge in [-0.25, -0.2) is 0 Å². The fraction of sp³-hybridized carbons (Fsp3) is 0.875. The van der Waals surface area contributed by atoms with E-state index in [1.54, 1.807) is 0 Å². The van der Waals surface area contributed by atoms with Gasteiger partial charge in [0.2, 0.25) is 11.8 Å². The van der Waals surface area contributed by atoms with Gasteiger partial charge in [0.15, 0.2) is 0 Å². The Bertz CT molecular complexity index is 326. The van der Waals surface area contributed by atoms with Gasteiger partial charge in [-0.2, -0.15) is 0 Å². The summed E-state index contributed by atoms with van der Waals surface area (Å²) in [7, 11) is 0. The van der Waals surface area contributed by atoms with E-state index in [1.165, 1.54) is 12.8 Å². The lowest BCUT2D eigenvalue weighted by Gasteiger charge is -2.26. The molecule has 0 aromatic rings. The highest BCUT2D eigenvalue weighted by Gasteiger charge is 2.21. The normalized spacial score (nSPS) is 23.2. The van der Waals surface area contributed by atoms with Crippen LogP contribution >= 0.6 is 0 Å². The molecule has 4 heteroatoms. The molecular weight excluding hydrogens is 252 g/mol. The van der Waals surface area contributed by atoms with Gasteiger partial charge < -0.3 is 10.6 Å². The summed E-state index contributed by atoms with van der Waals surface area (Å²) < 4.78 is 0. The fourth-order valence-corrected chi connectivity index (χ4v) is 2.42. The Balaban J connectivity index is 2.10. The van der Waals surface area contributed by atoms with Crippen LogP contribution in [0.2, 0.25) is 0 Å². The Morgan fingerprint density at radius 1 is 1.10 bits per heavy atom. The van der Waals surface area contributed by atoms with Crippen LogP contribution in [-0.4, -0.2) is 24.4 Å². The highest BCUT2D eigenvalue weighted by molar-refractivity contribution is 5.81. The maximum atomic E-state index is 11.8. The molecule has 2 N–H and O–H groups in total. The lowest BCUT2D eigenvalue weighted by Crippen LogP contribution is -2.38. The van der Waals surface area contributed by atoms with Crippen molar-refractivity contribution in [1.82, 2.24) is 10.6 Å². The van der Waals surface area contributed by atoms with Crippen molar-refractivity contribution >= 4 is 11.8 Å². The average Bonchev–Trinajstić information content (AvgIpc) is 2.36. The van der Waals surface area contributed by atoms with Gasteiger partial charge in [-0.05, 0) is 38.0 Å². The van der Waals surface area contributed by atoms with Crippen molar-refractivity contribution < 1.29 is 9.59 Å². The summed E-state index contributed by atoms with van der Waals surface area (Å²) in [5.74, 6) is 0.962. The van der Waals surface area contributed by atoms with E-state index < -0.39 is 0 Å². The summed E-state index contributed by atoms with van der Waals surface area (Å²) in [6.45, 7) is 8.51. The molecule has 0 aromatic carbocycles. The topological polar surface area (TPSA) is 58.2 Å². The van der Waals surface area contributed by atoms with E-state index in [2.05, 4.69) is 17.6 Å². The van der Waals surface area contributed by atoms with Gasteiger partial charge in [0, 0.05) is 24.4 Å². The monoisotopic (exact) mass is 282 g/mol. The van der Waals surface area contributed by atoms with Crippen LogP contribution in [0.1, 0.15) is 66.2 Å². The van der Waals surface area contributed by atoms with E-state index >= 15 is 0 Å². The largest absolute Gasteiger partial charge is 0.356 e. The molecule has 1 rings (SSSR count). The summed E-state index contributed by atoms with van der Waals surface area (Å²) in [6.07, 6.45) is 5.84. The molecule has 0 atom stereocenters. The Kier molecular flexibility index (Phi) is 6.50. The molecule has 0 heterocycles. The van der Waals surface area contributed by atoms with E-state index in [0.29, 0.717) is 25.4 Å². The Morgan fingerprint density at radius 2 is 1.70 bits per heavy atom. The maximum absolute atomic E-state index is 11.8. The molecule has 0 radical (unpaired) electrons. The molecular formula is C16H30N2O2. The van der Waals surface area contributed by atoms with Crippen LogP contribution in [0.3, 0.4) is 0 Å². The second-order valence-electron chi connectivity index (χ2n) is 7.13. The molecule has 116 valence electrons. The van der Waals surface area contributed by atoms with Gasteiger partial charge in [-0.1, -0.05) is 27.7 Å². The highest BCUT2D eigenvalue weighted by atomic mass is 16.2. The third-order valence-electron chi connectivity index (χ3n) is 3.93. The van der Waals surface area contributed by atoms with Gasteiger partial charge in [0.1, 0.15) is 0 Å². The number of carbonyl (C=O) groups excluding carboxylic acids is 2. The van der Waals surface area contributed by atoms with Gasteiger partial charge in [-0.15, -0.1) is 0 Å². The first-order chi connectivity index (χ1) is 9.29. The van der Waals surface area contributed by atoms with E-state index in [9.17, 15) is 9.59 Å². The highest BCUT2D eigenvalue weighted by Crippen LogP contribution is 2.23. The molecule has 2 amide bonds. The SMILES string of the molecule is CC1CCC(NC(=O)CCCNC(=O)C(C)(C)C)CC1. The first-order valence-corrected chi connectivity index (χ1v) is 7.86. The molecule has 1 saturated carbocycles. The molecule has 1 aliphatic rings. The maximum Gasteiger partial charge on any atom is 0.225 e. The summed E-state index contributed by atoms with van der Waals surface area (Å²) in [5.41, 5.74) is -0.360. The van der Waals surface area contributed by atoms with Crippen LogP contribution in [-0.2, 0) is 9.59 Å². The van der Waals surface area contributed by atoms with E-state index in [0.717, 1.165) is 18.8 Å². The quantitative estimate of drug-likeness (QED) is 0.762. The molecule has 0 aromatic heterocycles. The molecule has 0 bridgehead atoms. The minimum absolute atomic E-state index is 0.0409. The van der Waals surface area contributed by atoms with Crippen molar-refractivity contribution in [3.05, 3.63) is 0 Å². The average molecular weight is 282 g/mol. The molecule has 4 nitrogen and oxygen atoms in total. The van der Waals surface area contributed by atoms with Crippen LogP contribution in [0.5, 0.6) is 0 Å². The van der Waals surface area contributed by atoms with Crippen LogP contribution in [0.4, 0.5) is 0 Å². The van der Waals surface area contributed by atoms with Crippen molar-refractivity contribution in [2.24, 2.45) is 11.3 Å². The summed E-state index contributed by atoms with van der Waals surface area (Å²) in [4.78, 5) is 23.5. The molecule has 0 spiro atoms. The number of carbonyl (C=O) groups is 2. The van der Waals surface area contributed by atoms with Crippen molar-refractivity contribution in [2.75, 3.05) is 6.54 Å². The molecule has 0 saturated heterocycles. The third-order valence-corrected chi connectivity index (χ3v) is 3.93. The van der Waals surface area contributed by atoms with Crippen LogP contribution < -0.4 is 10.6 Å². The summed E-state index contributed by atoms with van der Waals surface area (Å²) in [6, 6.07) is 0.364. The van der Waals surface area contributed by atoms with Crippen LogP contribution in [0.15, 0.2) is 0 Å². The Labute approximate surface area is 123 Å². The van der Waals surface area contributed by atoms with Gasteiger partial charge in [0.25, 0.3) is 0 Å². The minimum Gasteiger partial charge on any atom is -0.356 e. The smallest absolute Gasteiger partial charge is 0.225 e. The second-order valence-corrected chi connectivity index (χ2v) is 7.13. The minimum atomic E-state index is -0.360. The van der Waals surface area contributed by atoms with E-state index in [1.807, 2.05) is 20.8 Å². The molecule has 0 unspecified atom stereocenters. The third kappa shape index (κ3) is 6.40. The van der Waals surface area contributed by atoms with Crippen molar-refractivity contribution in [3.8, 4) is 0 Å². The van der Waals surface area contributed by atoms with Crippen molar-refractivity contribution in [1.29, 1.82) is 0 Å². The number of amides is 2. The zero-order valence-electron chi connectivity index (χ0n) is 13.4. The predicted octanol–water partition coefficient (Wildman–Crippen LogP) is 2.62. The fourth-order valence-electron chi connectivity index (χ4n) is 2.42. The molecule has 1 fully saturated rings. The summed E-state index contributed by atoms with van der Waals surface area (Å²) >= 11 is 0. The first kappa shape index (κ1) is 17.0. The standard InChI is InChI=1S/C16H30N2O2/c1-12-7-9-13(10-8-12)18-14(19)6-5-11-17-15(20)16(2,3)4/h12-13H,5-11H2,1-4H3,(H,17,20)(H,18,19). The number of hydrogen-bond acceptors (Lipinski definition) is 2. The number of nitrogens with one attached hydrogen (secondary N) is 2. The van der Waals surface area contributed by atoms with Gasteiger partial charge >= 0.3 is 0 Å². The van der Waals surface area contributed by atoms with Crippen molar-refractivity contribution in [3.63, 3.8) is 0 Å². The zero-order chi connectivity index (χ0) is 15.2. The van der Waals surface area contributed by atoms with E-state index in [4.69, 9.17) is 0 Å². The molecule has 1 aliphatic carbocycles. The zero-order valence-corrected chi connectivity index (χ0v) is 13.4. The van der Waals surface area contributed by atoms with Gasteiger partial charge in [0.05, 0.1) is 0 Å². The molecule has 0 aliphatic heterocycles. The number of rotatable bonds is 5. The van der Waals surface area contributed by atoms with Crippen LogP contribution in [0, 0.1) is 11.3 Å². The Hall–Kier alpha value is -1.06. The lowest BCUT2D eigenvalue weighted by atomic mass is 9.87.